The van der Waals surface area contributed by atoms with Gasteiger partial charge in [-0.1, -0.05) is 128 Å². The molecule has 4 aromatic rings. The van der Waals surface area contributed by atoms with Crippen molar-refractivity contribution in [3.8, 4) is 20.9 Å². The zero-order valence-electron chi connectivity index (χ0n) is 43.2. The van der Waals surface area contributed by atoms with Gasteiger partial charge in [0.15, 0.2) is 5.78 Å². The first-order valence-electron chi connectivity index (χ1n) is 25.9. The minimum absolute atomic E-state index is 0.0358. The molecule has 6 rings (SSSR count). The summed E-state index contributed by atoms with van der Waals surface area (Å²) in [6, 6.07) is 25.5. The van der Waals surface area contributed by atoms with Crippen LogP contribution in [0.1, 0.15) is 167 Å². The molecule has 69 heavy (non-hydrogen) atoms. The maximum atomic E-state index is 15.4. The molecule has 1 aliphatic heterocycles. The Morgan fingerprint density at radius 2 is 1.19 bits per heavy atom. The van der Waals surface area contributed by atoms with E-state index in [1.165, 1.54) is 5.56 Å². The number of ketones is 1. The monoisotopic (exact) mass is 975 g/mol. The van der Waals surface area contributed by atoms with Gasteiger partial charge in [-0.2, -0.15) is 0 Å². The standard InChI is InChI=1S/C59H78N2O6S2/c1-11-15-17-20-40(14-4)38-61-54(49-34-32-47(69-49)44-29-25-42(26-30-44)35-36-60-57(65)67-59(8,9)10)53-52(56(61)64)51(45(55(53)63)37-39(13-3)19-16-12-2)48-33-31-46(68-48)43-27-23-41(24-28-43)21-18-22-50(62)66-58(5,6)7/h23-34,39-40,45H,11-22,35-38H2,1-10H3,(H,60,65). The lowest BCUT2D eigenvalue weighted by Gasteiger charge is -2.27. The lowest BCUT2D eigenvalue weighted by atomic mass is 9.84. The zero-order valence-corrected chi connectivity index (χ0v) is 44.8. The molecule has 2 amide bonds. The van der Waals surface area contributed by atoms with E-state index in [0.717, 1.165) is 125 Å². The van der Waals surface area contributed by atoms with E-state index in [1.54, 1.807) is 22.7 Å². The van der Waals surface area contributed by atoms with Crippen molar-refractivity contribution in [2.45, 2.75) is 170 Å². The summed E-state index contributed by atoms with van der Waals surface area (Å²) >= 11 is 3.32. The number of nitrogens with zero attached hydrogens (tertiary/aromatic N) is 1. The second-order valence-corrected chi connectivity index (χ2v) is 23.3. The Bertz CT molecular complexity index is 2440. The van der Waals surface area contributed by atoms with E-state index < -0.39 is 17.3 Å². The minimum Gasteiger partial charge on any atom is -0.460 e. The number of ether oxygens (including phenoxy) is 2. The summed E-state index contributed by atoms with van der Waals surface area (Å²) in [7, 11) is 0. The van der Waals surface area contributed by atoms with E-state index in [4.69, 9.17) is 9.47 Å². The molecule has 0 saturated heterocycles. The fraction of sp³-hybridized carbons (Fsp3) is 0.525. The summed E-state index contributed by atoms with van der Waals surface area (Å²) in [6.07, 6.45) is 12.6. The van der Waals surface area contributed by atoms with E-state index in [2.05, 4.69) is 106 Å². The van der Waals surface area contributed by atoms with Crippen LogP contribution in [0.15, 0.2) is 83.9 Å². The number of unbranched alkanes of at least 4 members (excludes halogenated alkanes) is 3. The number of hydrogen-bond acceptors (Lipinski definition) is 8. The number of alkyl carbamates (subject to hydrolysis) is 1. The summed E-state index contributed by atoms with van der Waals surface area (Å²) in [5.74, 6) is 0.181. The number of esters is 1. The molecule has 0 saturated carbocycles. The molecule has 0 radical (unpaired) electrons. The third-order valence-electron chi connectivity index (χ3n) is 13.3. The van der Waals surface area contributed by atoms with Gasteiger partial charge in [0.05, 0.1) is 21.7 Å². The molecule has 8 nitrogen and oxygen atoms in total. The number of allylic oxidation sites excluding steroid dienone is 1. The average molecular weight is 975 g/mol. The Balaban J connectivity index is 1.35. The van der Waals surface area contributed by atoms with Gasteiger partial charge < -0.3 is 19.7 Å². The number of hydrogen-bond donors (Lipinski definition) is 1. The minimum atomic E-state index is -0.547. The molecule has 0 fully saturated rings. The van der Waals surface area contributed by atoms with Crippen LogP contribution in [-0.2, 0) is 36.7 Å². The van der Waals surface area contributed by atoms with Gasteiger partial charge in [-0.15, -0.1) is 22.7 Å². The number of benzene rings is 2. The first kappa shape index (κ1) is 53.5. The summed E-state index contributed by atoms with van der Waals surface area (Å²) in [5.41, 5.74) is 6.32. The Hall–Kier alpha value is -4.80. The molecule has 10 heteroatoms. The SMILES string of the molecule is CCCCCC(CC)CN1C(=O)C2=C(c3ccc(-c4ccc(CCCC(=O)OC(C)(C)C)cc4)s3)C(CC(CC)CCCC)C(=O)C2=C1c1ccc(-c2ccc(CCNC(=O)OC(C)(C)C)cc2)s1. The molecule has 3 atom stereocenters. The van der Waals surface area contributed by atoms with Crippen molar-refractivity contribution in [1.82, 2.24) is 10.2 Å². The number of Topliss-reactive ketones (excluding diaryl/α,β-unsaturated/α-hetero) is 1. The molecule has 372 valence electrons. The molecule has 1 N–H and O–H groups in total. The van der Waals surface area contributed by atoms with Crippen molar-refractivity contribution in [2.24, 2.45) is 17.8 Å². The van der Waals surface area contributed by atoms with Gasteiger partial charge in [-0.25, -0.2) is 4.79 Å². The van der Waals surface area contributed by atoms with Gasteiger partial charge in [0.25, 0.3) is 5.91 Å². The fourth-order valence-electron chi connectivity index (χ4n) is 9.58. The molecule has 3 heterocycles. The maximum absolute atomic E-state index is 15.4. The predicted molar refractivity (Wildman–Crippen MR) is 286 cm³/mol. The van der Waals surface area contributed by atoms with Crippen LogP contribution in [0.25, 0.3) is 32.2 Å². The number of rotatable bonds is 24. The Morgan fingerprint density at radius 1 is 0.638 bits per heavy atom. The average Bonchev–Trinajstić information content (AvgIpc) is 4.09. The van der Waals surface area contributed by atoms with Gasteiger partial charge in [-0.05, 0) is 138 Å². The fourth-order valence-corrected chi connectivity index (χ4v) is 11.8. The normalized spacial score (nSPS) is 16.1. The molecule has 3 unspecified atom stereocenters. The van der Waals surface area contributed by atoms with Crippen molar-refractivity contribution < 1.29 is 28.7 Å². The van der Waals surface area contributed by atoms with E-state index in [1.807, 2.05) is 46.4 Å². The first-order chi connectivity index (χ1) is 32.9. The summed E-state index contributed by atoms with van der Waals surface area (Å²) < 4.78 is 10.9. The molecule has 0 bridgehead atoms. The maximum Gasteiger partial charge on any atom is 0.407 e. The highest BCUT2D eigenvalue weighted by molar-refractivity contribution is 7.17. The van der Waals surface area contributed by atoms with Crippen LogP contribution in [0.5, 0.6) is 0 Å². The third kappa shape index (κ3) is 14.4. The van der Waals surface area contributed by atoms with Gasteiger partial charge >= 0.3 is 12.1 Å². The molecule has 2 aromatic heterocycles. The third-order valence-corrected chi connectivity index (χ3v) is 15.6. The largest absolute Gasteiger partial charge is 0.460 e. The highest BCUT2D eigenvalue weighted by Gasteiger charge is 2.50. The van der Waals surface area contributed by atoms with Crippen molar-refractivity contribution >= 4 is 57.7 Å². The van der Waals surface area contributed by atoms with Crippen LogP contribution in [0.3, 0.4) is 0 Å². The molecular formula is C59H78N2O6S2. The predicted octanol–water partition coefficient (Wildman–Crippen LogP) is 15.3. The van der Waals surface area contributed by atoms with Crippen LogP contribution in [0.2, 0.25) is 0 Å². The van der Waals surface area contributed by atoms with Gasteiger partial charge in [0.2, 0.25) is 0 Å². The van der Waals surface area contributed by atoms with Crippen LogP contribution in [0.4, 0.5) is 4.79 Å². The van der Waals surface area contributed by atoms with Crippen LogP contribution in [0, 0.1) is 17.8 Å². The van der Waals surface area contributed by atoms with Crippen LogP contribution >= 0.6 is 22.7 Å². The van der Waals surface area contributed by atoms with Crippen LogP contribution in [-0.4, -0.2) is 52.9 Å². The molecule has 1 aliphatic carbocycles. The van der Waals surface area contributed by atoms with Crippen molar-refractivity contribution in [1.29, 1.82) is 0 Å². The second kappa shape index (κ2) is 24.4. The zero-order chi connectivity index (χ0) is 49.9. The Labute approximate surface area is 421 Å². The van der Waals surface area contributed by atoms with Gasteiger partial charge in [-0.3, -0.25) is 14.4 Å². The number of fused-ring (bicyclic) bond motifs is 1. The number of aryl methyl sites for hydroxylation is 1. The molecule has 2 aromatic carbocycles. The number of carbonyl (C=O) groups excluding carboxylic acids is 4. The number of amides is 2. The summed E-state index contributed by atoms with van der Waals surface area (Å²) in [6.45, 7) is 21.2. The van der Waals surface area contributed by atoms with E-state index in [-0.39, 0.29) is 23.6 Å². The lowest BCUT2D eigenvalue weighted by molar-refractivity contribution is -0.154. The van der Waals surface area contributed by atoms with Crippen molar-refractivity contribution in [3.05, 3.63) is 105 Å². The first-order valence-corrected chi connectivity index (χ1v) is 27.5. The molecule has 0 spiro atoms. The van der Waals surface area contributed by atoms with Crippen LogP contribution < -0.4 is 5.32 Å². The van der Waals surface area contributed by atoms with Crippen molar-refractivity contribution in [2.75, 3.05) is 13.1 Å². The highest BCUT2D eigenvalue weighted by Crippen LogP contribution is 2.54. The quantitative estimate of drug-likeness (QED) is 0.0554. The second-order valence-electron chi connectivity index (χ2n) is 21.1. The number of nitrogens with one attached hydrogen (secondary N) is 1. The van der Waals surface area contributed by atoms with Gasteiger partial charge in [0, 0.05) is 40.1 Å². The topological polar surface area (TPSA) is 102 Å². The Morgan fingerprint density at radius 3 is 1.77 bits per heavy atom. The summed E-state index contributed by atoms with van der Waals surface area (Å²) in [5, 5.41) is 2.85. The Kier molecular flexibility index (Phi) is 18.9. The lowest BCUT2D eigenvalue weighted by Crippen LogP contribution is -2.33. The van der Waals surface area contributed by atoms with Gasteiger partial charge in [0.1, 0.15) is 11.2 Å². The van der Waals surface area contributed by atoms with Crippen molar-refractivity contribution in [3.63, 3.8) is 0 Å². The van der Waals surface area contributed by atoms with E-state index in [0.29, 0.717) is 48.9 Å². The van der Waals surface area contributed by atoms with E-state index >= 15 is 9.59 Å². The number of thiophene rings is 2. The smallest absolute Gasteiger partial charge is 0.407 e. The summed E-state index contributed by atoms with van der Waals surface area (Å²) in [4.78, 5) is 61.4. The molecular weight excluding hydrogens is 897 g/mol. The highest BCUT2D eigenvalue weighted by atomic mass is 32.1. The molecule has 2 aliphatic rings. The van der Waals surface area contributed by atoms with E-state index in [9.17, 15) is 9.59 Å². The number of carbonyl (C=O) groups is 4.